The van der Waals surface area contributed by atoms with Crippen LogP contribution in [0.15, 0.2) is 46.4 Å². The fourth-order valence-electron chi connectivity index (χ4n) is 2.00. The van der Waals surface area contributed by atoms with Gasteiger partial charge in [0.2, 0.25) is 0 Å². The first-order chi connectivity index (χ1) is 11.0. The van der Waals surface area contributed by atoms with Gasteiger partial charge >= 0.3 is 5.97 Å². The minimum atomic E-state index is -0.678. The molecule has 0 N–H and O–H groups in total. The third-order valence-corrected chi connectivity index (χ3v) is 3.14. The lowest BCUT2D eigenvalue weighted by molar-refractivity contribution is -0.137. The Labute approximate surface area is 134 Å². The molecule has 5 nitrogen and oxygen atoms in total. The zero-order valence-electron chi connectivity index (χ0n) is 13.3. The molecule has 0 bridgehead atoms. The van der Waals surface area contributed by atoms with Crippen LogP contribution in [0, 0.1) is 6.92 Å². The maximum atomic E-state index is 12.6. The summed E-state index contributed by atoms with van der Waals surface area (Å²) in [5.74, 6) is 0.635. The van der Waals surface area contributed by atoms with Crippen LogP contribution in [0.1, 0.15) is 28.8 Å². The number of esters is 1. The van der Waals surface area contributed by atoms with Gasteiger partial charge in [0, 0.05) is 5.56 Å². The van der Waals surface area contributed by atoms with Gasteiger partial charge in [-0.05, 0) is 56.3 Å². The molecule has 0 aliphatic carbocycles. The summed E-state index contributed by atoms with van der Waals surface area (Å²) in [5.41, 5.74) is 0.291. The van der Waals surface area contributed by atoms with Gasteiger partial charge in [0.15, 0.2) is 5.78 Å². The lowest BCUT2D eigenvalue weighted by atomic mass is 10.0. The van der Waals surface area contributed by atoms with Crippen molar-refractivity contribution < 1.29 is 23.5 Å². The largest absolute Gasteiger partial charge is 0.497 e. The van der Waals surface area contributed by atoms with E-state index in [-0.39, 0.29) is 12.2 Å². The molecule has 0 spiro atoms. The van der Waals surface area contributed by atoms with Gasteiger partial charge in [-0.3, -0.25) is 4.79 Å². The summed E-state index contributed by atoms with van der Waals surface area (Å²) in [6.45, 7) is 3.65. The first-order valence-electron chi connectivity index (χ1n) is 7.19. The van der Waals surface area contributed by atoms with E-state index in [9.17, 15) is 9.59 Å². The SMILES string of the molecule is CCOC(=O)/C(=C/c1ccc(C)o1)C(=O)c1ccc(OC)cc1. The normalized spacial score (nSPS) is 11.2. The van der Waals surface area contributed by atoms with Crippen molar-refractivity contribution in [2.45, 2.75) is 13.8 Å². The number of carbonyl (C=O) groups excluding carboxylic acids is 2. The molecule has 2 aromatic rings. The zero-order valence-corrected chi connectivity index (χ0v) is 13.3. The maximum Gasteiger partial charge on any atom is 0.342 e. The second-order valence-electron chi connectivity index (χ2n) is 4.78. The standard InChI is InChI=1S/C18H18O5/c1-4-22-18(20)16(11-15-8-5-12(2)23-15)17(19)13-6-9-14(21-3)10-7-13/h5-11H,4H2,1-3H3/b16-11+. The quantitative estimate of drug-likeness (QED) is 0.269. The van der Waals surface area contributed by atoms with E-state index >= 15 is 0 Å². The number of rotatable bonds is 6. The van der Waals surface area contributed by atoms with Crippen LogP contribution >= 0.6 is 0 Å². The van der Waals surface area contributed by atoms with Gasteiger partial charge in [-0.25, -0.2) is 4.79 Å². The molecule has 1 aromatic heterocycles. The van der Waals surface area contributed by atoms with Crippen molar-refractivity contribution in [3.05, 3.63) is 59.1 Å². The number of furan rings is 1. The topological polar surface area (TPSA) is 65.7 Å². The van der Waals surface area contributed by atoms with E-state index in [0.29, 0.717) is 22.8 Å². The zero-order chi connectivity index (χ0) is 16.8. The highest BCUT2D eigenvalue weighted by Crippen LogP contribution is 2.18. The Balaban J connectivity index is 2.37. The summed E-state index contributed by atoms with van der Waals surface area (Å²) >= 11 is 0. The Bertz CT molecular complexity index is 722. The highest BCUT2D eigenvalue weighted by atomic mass is 16.5. The molecule has 5 heteroatoms. The smallest absolute Gasteiger partial charge is 0.342 e. The number of benzene rings is 1. The van der Waals surface area contributed by atoms with Crippen molar-refractivity contribution in [3.63, 3.8) is 0 Å². The fraction of sp³-hybridized carbons (Fsp3) is 0.222. The molecule has 120 valence electrons. The minimum Gasteiger partial charge on any atom is -0.497 e. The average Bonchev–Trinajstić information content (AvgIpc) is 2.97. The van der Waals surface area contributed by atoms with Crippen molar-refractivity contribution in [1.82, 2.24) is 0 Å². The summed E-state index contributed by atoms with van der Waals surface area (Å²) in [4.78, 5) is 24.7. The molecule has 0 aliphatic heterocycles. The Morgan fingerprint density at radius 1 is 1.13 bits per heavy atom. The molecule has 1 aromatic carbocycles. The van der Waals surface area contributed by atoms with Crippen LogP contribution in [0.25, 0.3) is 6.08 Å². The monoisotopic (exact) mass is 314 g/mol. The lowest BCUT2D eigenvalue weighted by Crippen LogP contribution is -2.16. The summed E-state index contributed by atoms with van der Waals surface area (Å²) in [7, 11) is 1.54. The van der Waals surface area contributed by atoms with Crippen LogP contribution in [0.3, 0.4) is 0 Å². The molecule has 0 amide bonds. The predicted octanol–water partition coefficient (Wildman–Crippen LogP) is 3.43. The van der Waals surface area contributed by atoms with Crippen molar-refractivity contribution in [2.75, 3.05) is 13.7 Å². The second kappa shape index (κ2) is 7.45. The number of hydrogen-bond acceptors (Lipinski definition) is 5. The van der Waals surface area contributed by atoms with Crippen molar-refractivity contribution in [3.8, 4) is 5.75 Å². The van der Waals surface area contributed by atoms with E-state index in [1.165, 1.54) is 6.08 Å². The molecule has 23 heavy (non-hydrogen) atoms. The van der Waals surface area contributed by atoms with E-state index < -0.39 is 11.8 Å². The summed E-state index contributed by atoms with van der Waals surface area (Å²) in [5, 5.41) is 0. The number of Topliss-reactive ketones (excluding diaryl/α,β-unsaturated/α-hetero) is 1. The van der Waals surface area contributed by atoms with Crippen LogP contribution < -0.4 is 4.74 Å². The molecule has 0 atom stereocenters. The minimum absolute atomic E-state index is 0.0774. The third kappa shape index (κ3) is 4.10. The summed E-state index contributed by atoms with van der Waals surface area (Å²) in [6.07, 6.45) is 1.40. The van der Waals surface area contributed by atoms with Crippen LogP contribution in [0.5, 0.6) is 5.75 Å². The first kappa shape index (κ1) is 16.5. The number of aryl methyl sites for hydroxylation is 1. The summed E-state index contributed by atoms with van der Waals surface area (Å²) in [6, 6.07) is 9.96. The van der Waals surface area contributed by atoms with Gasteiger partial charge in [0.25, 0.3) is 0 Å². The van der Waals surface area contributed by atoms with E-state index in [1.54, 1.807) is 57.4 Å². The third-order valence-electron chi connectivity index (χ3n) is 3.14. The van der Waals surface area contributed by atoms with Crippen LogP contribution in [0.2, 0.25) is 0 Å². The van der Waals surface area contributed by atoms with Gasteiger partial charge in [-0.2, -0.15) is 0 Å². The molecular formula is C18H18O5. The van der Waals surface area contributed by atoms with Gasteiger partial charge < -0.3 is 13.9 Å². The second-order valence-corrected chi connectivity index (χ2v) is 4.78. The highest BCUT2D eigenvalue weighted by Gasteiger charge is 2.22. The number of carbonyl (C=O) groups is 2. The first-order valence-corrected chi connectivity index (χ1v) is 7.19. The Morgan fingerprint density at radius 2 is 1.83 bits per heavy atom. The van der Waals surface area contributed by atoms with Crippen molar-refractivity contribution in [2.24, 2.45) is 0 Å². The molecule has 2 rings (SSSR count). The van der Waals surface area contributed by atoms with Gasteiger partial charge in [0.05, 0.1) is 13.7 Å². The van der Waals surface area contributed by atoms with E-state index in [1.807, 2.05) is 0 Å². The van der Waals surface area contributed by atoms with E-state index in [2.05, 4.69) is 0 Å². The maximum absolute atomic E-state index is 12.6. The number of ether oxygens (including phenoxy) is 2. The molecular weight excluding hydrogens is 296 g/mol. The molecule has 0 unspecified atom stereocenters. The fourth-order valence-corrected chi connectivity index (χ4v) is 2.00. The molecule has 0 saturated carbocycles. The number of hydrogen-bond donors (Lipinski definition) is 0. The number of ketones is 1. The van der Waals surface area contributed by atoms with Crippen molar-refractivity contribution >= 4 is 17.8 Å². The summed E-state index contributed by atoms with van der Waals surface area (Å²) < 4.78 is 15.4. The predicted molar refractivity (Wildman–Crippen MR) is 85.4 cm³/mol. The lowest BCUT2D eigenvalue weighted by Gasteiger charge is -2.07. The average molecular weight is 314 g/mol. The van der Waals surface area contributed by atoms with Gasteiger partial charge in [-0.15, -0.1) is 0 Å². The Kier molecular flexibility index (Phi) is 5.36. The highest BCUT2D eigenvalue weighted by molar-refractivity contribution is 6.26. The molecule has 0 aliphatic rings. The Morgan fingerprint density at radius 3 is 2.35 bits per heavy atom. The number of methoxy groups -OCH3 is 1. The van der Waals surface area contributed by atoms with Gasteiger partial charge in [-0.1, -0.05) is 0 Å². The van der Waals surface area contributed by atoms with Gasteiger partial charge in [0.1, 0.15) is 22.8 Å². The van der Waals surface area contributed by atoms with Crippen LogP contribution in [-0.4, -0.2) is 25.5 Å². The molecule has 0 fully saturated rings. The molecule has 0 radical (unpaired) electrons. The Hall–Kier alpha value is -2.82. The van der Waals surface area contributed by atoms with E-state index in [4.69, 9.17) is 13.9 Å². The van der Waals surface area contributed by atoms with Crippen molar-refractivity contribution in [1.29, 1.82) is 0 Å². The van der Waals surface area contributed by atoms with Crippen LogP contribution in [-0.2, 0) is 9.53 Å². The molecule has 1 heterocycles. The van der Waals surface area contributed by atoms with Crippen LogP contribution in [0.4, 0.5) is 0 Å². The van der Waals surface area contributed by atoms with E-state index in [0.717, 1.165) is 0 Å². The molecule has 0 saturated heterocycles.